The second-order valence-corrected chi connectivity index (χ2v) is 1.50. The Hall–Kier alpha value is 1.82. The summed E-state index contributed by atoms with van der Waals surface area (Å²) in [4.78, 5) is 0. The normalized spacial score (nSPS) is 3.50. The SMILES string of the molecule is CC[PH3+].[Br-].[Br-].[PH4+]. The number of hydrogen-bond acceptors (Lipinski definition) is 0. The van der Waals surface area contributed by atoms with E-state index in [1.165, 1.54) is 6.16 Å². The Kier molecular flexibility index (Phi) is 121. The second kappa shape index (κ2) is 29.0. The van der Waals surface area contributed by atoms with Crippen LogP contribution in [-0.2, 0) is 0 Å². The fraction of sp³-hybridized carbons (Fsp3) is 1.00. The van der Waals surface area contributed by atoms with Gasteiger partial charge >= 0.3 is 0 Å². The number of hydrogen-bond donors (Lipinski definition) is 0. The van der Waals surface area contributed by atoms with Crippen molar-refractivity contribution in [2.75, 3.05) is 6.16 Å². The molecule has 0 aromatic rings. The van der Waals surface area contributed by atoms with E-state index in [-0.39, 0.29) is 43.9 Å². The minimum atomic E-state index is 0. The summed E-state index contributed by atoms with van der Waals surface area (Å²) in [5.74, 6) is 0. The molecule has 0 aliphatic rings. The standard InChI is InChI=1S/C2H7P.2BrH.H3P/c1-2-3;;;/h2-3H2,1H3;2*1H;1H3. The van der Waals surface area contributed by atoms with E-state index in [9.17, 15) is 0 Å². The predicted molar refractivity (Wildman–Crippen MR) is 34.1 cm³/mol. The first-order valence-electron chi connectivity index (χ1n) is 1.21. The average molecular weight is 258 g/mol. The quantitative estimate of drug-likeness (QED) is 0.380. The summed E-state index contributed by atoms with van der Waals surface area (Å²) in [7, 11) is 1.97. The third-order valence-corrected chi connectivity index (χ3v) is 0. The Morgan fingerprint density at radius 3 is 1.33 bits per heavy atom. The lowest BCUT2D eigenvalue weighted by molar-refractivity contribution is -0.001000. The van der Waals surface area contributed by atoms with Gasteiger partial charge in [0.15, 0.2) is 0 Å². The molecule has 0 aromatic carbocycles. The molecule has 0 rings (SSSR count). The molecule has 0 spiro atoms. The summed E-state index contributed by atoms with van der Waals surface area (Å²) < 4.78 is 0. The highest BCUT2D eigenvalue weighted by Gasteiger charge is 1.43. The highest BCUT2D eigenvalue weighted by atomic mass is 79.9. The van der Waals surface area contributed by atoms with E-state index in [0.717, 1.165) is 0 Å². The van der Waals surface area contributed by atoms with Crippen LogP contribution in [0, 0.1) is 0 Å². The van der Waals surface area contributed by atoms with Gasteiger partial charge in [0.1, 0.15) is 0 Å². The fourth-order valence-corrected chi connectivity index (χ4v) is 0. The van der Waals surface area contributed by atoms with Crippen LogP contribution >= 0.6 is 19.1 Å². The third kappa shape index (κ3) is 40.8. The zero-order valence-corrected chi connectivity index (χ0v) is 10.8. The van der Waals surface area contributed by atoms with Gasteiger partial charge in [0.2, 0.25) is 0 Å². The van der Waals surface area contributed by atoms with Gasteiger partial charge in [0.25, 0.3) is 0 Å². The molecule has 0 aliphatic carbocycles. The van der Waals surface area contributed by atoms with Crippen LogP contribution in [0.4, 0.5) is 0 Å². The van der Waals surface area contributed by atoms with Gasteiger partial charge in [-0.3, -0.25) is 0 Å². The second-order valence-electron chi connectivity index (χ2n) is 0.500. The Morgan fingerprint density at radius 2 is 1.33 bits per heavy atom. The number of halogens is 2. The van der Waals surface area contributed by atoms with Crippen LogP contribution in [0.25, 0.3) is 0 Å². The van der Waals surface area contributed by atoms with Crippen molar-refractivity contribution in [3.05, 3.63) is 0 Å². The van der Waals surface area contributed by atoms with Gasteiger partial charge in [0.05, 0.1) is 0 Å². The largest absolute Gasteiger partial charge is 1.00 e. The lowest BCUT2D eigenvalue weighted by Gasteiger charge is -1.40. The molecule has 44 valence electrons. The molecule has 2 atom stereocenters. The van der Waals surface area contributed by atoms with Gasteiger partial charge in [-0.2, -0.15) is 0 Å². The van der Waals surface area contributed by atoms with Crippen LogP contribution in [-0.4, -0.2) is 6.16 Å². The molecule has 2 unspecified atom stereocenters. The van der Waals surface area contributed by atoms with Gasteiger partial charge < -0.3 is 34.0 Å². The van der Waals surface area contributed by atoms with E-state index in [1.807, 2.05) is 9.24 Å². The molecule has 0 heterocycles. The topological polar surface area (TPSA) is 0 Å². The molecule has 0 nitrogen and oxygen atoms in total. The minimum Gasteiger partial charge on any atom is -1.00 e. The van der Waals surface area contributed by atoms with Crippen LogP contribution in [0.3, 0.4) is 0 Å². The van der Waals surface area contributed by atoms with Gasteiger partial charge in [-0.05, 0) is 26.1 Å². The lowest BCUT2D eigenvalue weighted by atomic mass is 11.0. The van der Waals surface area contributed by atoms with Crippen LogP contribution in [0.2, 0.25) is 0 Å². The molecule has 0 aliphatic heterocycles. The highest BCUT2D eigenvalue weighted by molar-refractivity contribution is 7.16. The van der Waals surface area contributed by atoms with Gasteiger partial charge in [-0.25, -0.2) is 0 Å². The maximum absolute atomic E-state index is 2.14. The minimum absolute atomic E-state index is 0. The molecule has 0 amide bonds. The average Bonchev–Trinajstić information content (AvgIpc) is 0.918. The van der Waals surface area contributed by atoms with Crippen LogP contribution < -0.4 is 34.0 Å². The lowest BCUT2D eigenvalue weighted by Crippen LogP contribution is -3.00. The predicted octanol–water partition coefficient (Wildman–Crippen LogP) is -5.59. The Labute approximate surface area is 66.2 Å². The summed E-state index contributed by atoms with van der Waals surface area (Å²) in [6, 6.07) is 0. The molecule has 0 radical (unpaired) electrons. The van der Waals surface area contributed by atoms with E-state index in [1.54, 1.807) is 0 Å². The van der Waals surface area contributed by atoms with Crippen LogP contribution in [0.5, 0.6) is 0 Å². The van der Waals surface area contributed by atoms with E-state index >= 15 is 0 Å². The third-order valence-electron chi connectivity index (χ3n) is 0. The molecule has 0 N–H and O–H groups in total. The summed E-state index contributed by atoms with van der Waals surface area (Å²) in [6.07, 6.45) is 1.28. The van der Waals surface area contributed by atoms with Crippen molar-refractivity contribution >= 4 is 19.1 Å². The molecule has 0 fully saturated rings. The summed E-state index contributed by atoms with van der Waals surface area (Å²) in [6.45, 7) is 2.14. The van der Waals surface area contributed by atoms with E-state index in [0.29, 0.717) is 0 Å². The maximum atomic E-state index is 2.14. The van der Waals surface area contributed by atoms with Crippen molar-refractivity contribution in [1.82, 2.24) is 0 Å². The van der Waals surface area contributed by atoms with Crippen molar-refractivity contribution in [3.8, 4) is 0 Å². The molecule has 6 heavy (non-hydrogen) atoms. The van der Waals surface area contributed by atoms with Crippen molar-refractivity contribution in [2.24, 2.45) is 0 Å². The van der Waals surface area contributed by atoms with Gasteiger partial charge in [-0.15, -0.1) is 0 Å². The maximum Gasteiger partial charge on any atom is 0.0498 e. The zero-order chi connectivity index (χ0) is 2.71. The van der Waals surface area contributed by atoms with Crippen molar-refractivity contribution < 1.29 is 34.0 Å². The molecule has 0 aromatic heterocycles. The fourth-order valence-electron chi connectivity index (χ4n) is 0. The Bertz CT molecular complexity index is 9.51. The van der Waals surface area contributed by atoms with Gasteiger partial charge in [-0.1, -0.05) is 0 Å². The first-order chi connectivity index (χ1) is 1.41. The van der Waals surface area contributed by atoms with E-state index < -0.39 is 0 Å². The van der Waals surface area contributed by atoms with E-state index in [4.69, 9.17) is 0 Å². The van der Waals surface area contributed by atoms with Crippen LogP contribution in [0.15, 0.2) is 0 Å². The van der Waals surface area contributed by atoms with Gasteiger partial charge in [0, 0.05) is 6.16 Å². The molecular weight excluding hydrogens is 246 g/mol. The molecule has 0 bridgehead atoms. The Balaban J connectivity index is -0.00000000667. The van der Waals surface area contributed by atoms with E-state index in [2.05, 4.69) is 6.92 Å². The molecule has 0 saturated heterocycles. The van der Waals surface area contributed by atoms with Crippen molar-refractivity contribution in [2.45, 2.75) is 6.92 Å². The van der Waals surface area contributed by atoms with Crippen molar-refractivity contribution in [3.63, 3.8) is 0 Å². The monoisotopic (exact) mass is 256 g/mol. The highest BCUT2D eigenvalue weighted by Crippen LogP contribution is 1.68. The number of rotatable bonds is 0. The Morgan fingerprint density at radius 1 is 1.33 bits per heavy atom. The molecule has 4 heteroatoms. The zero-order valence-electron chi connectivity index (χ0n) is 4.17. The van der Waals surface area contributed by atoms with Crippen LogP contribution in [0.1, 0.15) is 6.92 Å². The summed E-state index contributed by atoms with van der Waals surface area (Å²) in [5, 5.41) is 0. The smallest absolute Gasteiger partial charge is 0.0498 e. The molecule has 0 saturated carbocycles. The summed E-state index contributed by atoms with van der Waals surface area (Å²) in [5.41, 5.74) is 0. The molecular formula is C2H12Br2P2. The first-order valence-corrected chi connectivity index (χ1v) is 2.21. The summed E-state index contributed by atoms with van der Waals surface area (Å²) >= 11 is 0. The van der Waals surface area contributed by atoms with Crippen molar-refractivity contribution in [1.29, 1.82) is 0 Å². The first kappa shape index (κ1) is 24.9.